The second-order valence-corrected chi connectivity index (χ2v) is 5.14. The van der Waals surface area contributed by atoms with Gasteiger partial charge >= 0.3 is 5.63 Å². The highest BCUT2D eigenvalue weighted by Crippen LogP contribution is 2.24. The molecule has 0 saturated carbocycles. The van der Waals surface area contributed by atoms with E-state index in [1.807, 2.05) is 62.4 Å². The fourth-order valence-electron chi connectivity index (χ4n) is 2.38. The first-order chi connectivity index (χ1) is 11.2. The molecule has 2 aromatic carbocycles. The molecule has 0 spiro atoms. The van der Waals surface area contributed by atoms with Crippen LogP contribution in [0, 0.1) is 6.92 Å². The molecule has 1 heterocycles. The standard InChI is InChI=1S/C19H17NO3/c1-3-22-15-10-8-14(9-11-15)19-20-17(12-18(21)23-19)16-7-5-4-6-13(16)2/h4-12H,3H2,1-2H3. The van der Waals surface area contributed by atoms with E-state index in [2.05, 4.69) is 4.98 Å². The Labute approximate surface area is 134 Å². The van der Waals surface area contributed by atoms with Gasteiger partial charge in [-0.15, -0.1) is 0 Å². The van der Waals surface area contributed by atoms with Crippen LogP contribution in [0.5, 0.6) is 5.75 Å². The molecule has 4 heteroatoms. The highest BCUT2D eigenvalue weighted by atomic mass is 16.5. The van der Waals surface area contributed by atoms with Crippen molar-refractivity contribution in [1.29, 1.82) is 0 Å². The predicted molar refractivity (Wildman–Crippen MR) is 89.6 cm³/mol. The van der Waals surface area contributed by atoms with Gasteiger partial charge in [0.2, 0.25) is 5.89 Å². The van der Waals surface area contributed by atoms with E-state index >= 15 is 0 Å². The molecule has 3 aromatic rings. The van der Waals surface area contributed by atoms with Gasteiger partial charge in [0.1, 0.15) is 5.75 Å². The maximum absolute atomic E-state index is 11.9. The molecular weight excluding hydrogens is 290 g/mol. The number of hydrogen-bond acceptors (Lipinski definition) is 4. The summed E-state index contributed by atoms with van der Waals surface area (Å²) >= 11 is 0. The van der Waals surface area contributed by atoms with Gasteiger partial charge in [-0.3, -0.25) is 0 Å². The molecule has 0 N–H and O–H groups in total. The van der Waals surface area contributed by atoms with Crippen LogP contribution in [0.2, 0.25) is 0 Å². The third-order valence-corrected chi connectivity index (χ3v) is 3.51. The number of rotatable bonds is 4. The third-order valence-electron chi connectivity index (χ3n) is 3.51. The van der Waals surface area contributed by atoms with Gasteiger partial charge in [0, 0.05) is 11.1 Å². The lowest BCUT2D eigenvalue weighted by Crippen LogP contribution is -2.02. The second kappa shape index (κ2) is 6.48. The van der Waals surface area contributed by atoms with Crippen molar-refractivity contribution >= 4 is 0 Å². The first kappa shape index (κ1) is 15.0. The van der Waals surface area contributed by atoms with E-state index in [9.17, 15) is 4.79 Å². The Balaban J connectivity index is 2.04. The first-order valence-corrected chi connectivity index (χ1v) is 7.49. The highest BCUT2D eigenvalue weighted by Gasteiger charge is 2.10. The van der Waals surface area contributed by atoms with Gasteiger partial charge in [0.15, 0.2) is 0 Å². The smallest absolute Gasteiger partial charge is 0.339 e. The molecule has 23 heavy (non-hydrogen) atoms. The molecule has 116 valence electrons. The molecule has 0 aliphatic carbocycles. The van der Waals surface area contributed by atoms with E-state index in [1.54, 1.807) is 0 Å². The Morgan fingerprint density at radius 3 is 2.52 bits per heavy atom. The largest absolute Gasteiger partial charge is 0.494 e. The number of ether oxygens (including phenoxy) is 1. The van der Waals surface area contributed by atoms with E-state index in [4.69, 9.17) is 9.15 Å². The molecule has 0 saturated heterocycles. The summed E-state index contributed by atoms with van der Waals surface area (Å²) in [5, 5.41) is 0. The molecule has 4 nitrogen and oxygen atoms in total. The maximum Gasteiger partial charge on any atom is 0.339 e. The van der Waals surface area contributed by atoms with Gasteiger partial charge in [0.05, 0.1) is 18.4 Å². The summed E-state index contributed by atoms with van der Waals surface area (Å²) in [4.78, 5) is 16.4. The van der Waals surface area contributed by atoms with E-state index in [0.717, 1.165) is 22.4 Å². The van der Waals surface area contributed by atoms with Crippen LogP contribution in [0.15, 0.2) is 63.8 Å². The molecule has 1 aromatic heterocycles. The highest BCUT2D eigenvalue weighted by molar-refractivity contribution is 5.65. The number of nitrogens with zero attached hydrogens (tertiary/aromatic N) is 1. The molecule has 0 aliphatic heterocycles. The normalized spacial score (nSPS) is 10.5. The molecule has 0 bridgehead atoms. The molecule has 0 unspecified atom stereocenters. The minimum absolute atomic E-state index is 0.304. The number of benzene rings is 2. The first-order valence-electron chi connectivity index (χ1n) is 7.49. The number of aromatic nitrogens is 1. The van der Waals surface area contributed by atoms with Crippen molar-refractivity contribution in [2.24, 2.45) is 0 Å². The summed E-state index contributed by atoms with van der Waals surface area (Å²) in [6.07, 6.45) is 0. The van der Waals surface area contributed by atoms with E-state index < -0.39 is 5.63 Å². The van der Waals surface area contributed by atoms with Crippen molar-refractivity contribution in [3.8, 4) is 28.5 Å². The minimum atomic E-state index is -0.415. The van der Waals surface area contributed by atoms with Gasteiger partial charge in [-0.2, -0.15) is 0 Å². The van der Waals surface area contributed by atoms with E-state index in [0.29, 0.717) is 18.2 Å². The summed E-state index contributed by atoms with van der Waals surface area (Å²) in [5.74, 6) is 1.08. The molecule has 3 rings (SSSR count). The molecular formula is C19H17NO3. The average molecular weight is 307 g/mol. The monoisotopic (exact) mass is 307 g/mol. The van der Waals surface area contributed by atoms with Crippen LogP contribution in [0.1, 0.15) is 12.5 Å². The SMILES string of the molecule is CCOc1ccc(-c2nc(-c3ccccc3C)cc(=O)o2)cc1. The average Bonchev–Trinajstić information content (AvgIpc) is 2.56. The van der Waals surface area contributed by atoms with E-state index in [-0.39, 0.29) is 0 Å². The summed E-state index contributed by atoms with van der Waals surface area (Å²) in [5.41, 5.74) is 2.92. The zero-order valence-corrected chi connectivity index (χ0v) is 13.1. The lowest BCUT2D eigenvalue weighted by molar-refractivity contribution is 0.340. The van der Waals surface area contributed by atoms with Crippen LogP contribution >= 0.6 is 0 Å². The Bertz CT molecular complexity index is 866. The lowest BCUT2D eigenvalue weighted by Gasteiger charge is -2.07. The zero-order chi connectivity index (χ0) is 16.2. The van der Waals surface area contributed by atoms with Crippen LogP contribution in [-0.2, 0) is 0 Å². The van der Waals surface area contributed by atoms with Gasteiger partial charge in [0.25, 0.3) is 0 Å². The molecule has 0 radical (unpaired) electrons. The van der Waals surface area contributed by atoms with Gasteiger partial charge in [-0.25, -0.2) is 9.78 Å². The third kappa shape index (κ3) is 3.31. The number of hydrogen-bond donors (Lipinski definition) is 0. The van der Waals surface area contributed by atoms with Crippen LogP contribution in [0.4, 0.5) is 0 Å². The lowest BCUT2D eigenvalue weighted by atomic mass is 10.1. The molecule has 0 amide bonds. The summed E-state index contributed by atoms with van der Waals surface area (Å²) in [7, 11) is 0. The Morgan fingerprint density at radius 1 is 1.09 bits per heavy atom. The van der Waals surface area contributed by atoms with Crippen LogP contribution in [0.3, 0.4) is 0 Å². The zero-order valence-electron chi connectivity index (χ0n) is 13.1. The summed E-state index contributed by atoms with van der Waals surface area (Å²) in [6, 6.07) is 16.6. The molecule has 0 aliphatic rings. The quantitative estimate of drug-likeness (QED) is 0.729. The predicted octanol–water partition coefficient (Wildman–Crippen LogP) is 4.08. The van der Waals surface area contributed by atoms with E-state index in [1.165, 1.54) is 6.07 Å². The minimum Gasteiger partial charge on any atom is -0.494 e. The van der Waals surface area contributed by atoms with Gasteiger partial charge in [-0.05, 0) is 43.7 Å². The van der Waals surface area contributed by atoms with Crippen molar-refractivity contribution < 1.29 is 9.15 Å². The Morgan fingerprint density at radius 2 is 1.83 bits per heavy atom. The van der Waals surface area contributed by atoms with Crippen molar-refractivity contribution in [2.75, 3.05) is 6.61 Å². The topological polar surface area (TPSA) is 52.3 Å². The fraction of sp³-hybridized carbons (Fsp3) is 0.158. The van der Waals surface area contributed by atoms with Crippen molar-refractivity contribution in [1.82, 2.24) is 4.98 Å². The van der Waals surface area contributed by atoms with Crippen molar-refractivity contribution in [2.45, 2.75) is 13.8 Å². The molecule has 0 atom stereocenters. The van der Waals surface area contributed by atoms with Gasteiger partial charge < -0.3 is 9.15 Å². The van der Waals surface area contributed by atoms with Crippen LogP contribution < -0.4 is 10.4 Å². The van der Waals surface area contributed by atoms with Gasteiger partial charge in [-0.1, -0.05) is 24.3 Å². The van der Waals surface area contributed by atoms with Crippen molar-refractivity contribution in [3.63, 3.8) is 0 Å². The Hall–Kier alpha value is -2.88. The van der Waals surface area contributed by atoms with Crippen molar-refractivity contribution in [3.05, 3.63) is 70.6 Å². The number of aryl methyl sites for hydroxylation is 1. The van der Waals surface area contributed by atoms with Crippen LogP contribution in [0.25, 0.3) is 22.7 Å². The fourth-order valence-corrected chi connectivity index (χ4v) is 2.38. The second-order valence-electron chi connectivity index (χ2n) is 5.14. The maximum atomic E-state index is 11.9. The van der Waals surface area contributed by atoms with Crippen LogP contribution in [-0.4, -0.2) is 11.6 Å². The Kier molecular flexibility index (Phi) is 4.24. The summed E-state index contributed by atoms with van der Waals surface area (Å²) < 4.78 is 10.7. The summed E-state index contributed by atoms with van der Waals surface area (Å²) in [6.45, 7) is 4.53. The molecule has 0 fully saturated rings.